The molecule has 2 heteroatoms. The number of unbranched alkanes of at least 4 members (excludes halogenated alkanes) is 1. The van der Waals surface area contributed by atoms with Gasteiger partial charge in [0.2, 0.25) is 0 Å². The van der Waals surface area contributed by atoms with Crippen LogP contribution in [0.4, 0.5) is 0 Å². The minimum absolute atomic E-state index is 0.241. The molecule has 0 amide bonds. The average Bonchev–Trinajstić information content (AvgIpc) is 2.29. The molecule has 0 aliphatic rings. The zero-order valence-electron chi connectivity index (χ0n) is 12.0. The van der Waals surface area contributed by atoms with E-state index in [1.807, 2.05) is 18.2 Å². The maximum absolute atomic E-state index is 7.07. The quantitative estimate of drug-likeness (QED) is 0.529. The normalized spacial score (nSPS) is 13.5. The summed E-state index contributed by atoms with van der Waals surface area (Å²) in [5.74, 6) is 0.687. The van der Waals surface area contributed by atoms with Crippen LogP contribution in [-0.4, -0.2) is 14.1 Å². The average molecular weight is 209 g/mol. The van der Waals surface area contributed by atoms with Crippen LogP contribution in [0.5, 0.6) is 11.5 Å². The fourth-order valence-electron chi connectivity index (χ4n) is 1.40. The van der Waals surface area contributed by atoms with Gasteiger partial charge in [0.25, 0.3) is 0 Å². The standard InChI is InChI=1S/C13H18O2/c1-4-5-6-7-11-8-9-12(14-2)13(10-11)15-3/h4,8-10H,1,5-7H2,2-3H3/i2D3. The molecule has 0 bridgehead atoms. The summed E-state index contributed by atoms with van der Waals surface area (Å²) in [6.45, 7) is 3.67. The predicted octanol–water partition coefficient (Wildman–Crippen LogP) is 3.21. The number of hydrogen-bond donors (Lipinski definition) is 0. The third-order valence-corrected chi connectivity index (χ3v) is 2.21. The second kappa shape index (κ2) is 6.12. The summed E-state index contributed by atoms with van der Waals surface area (Å²) < 4.78 is 31.2. The molecule has 1 aromatic carbocycles. The van der Waals surface area contributed by atoms with Crippen molar-refractivity contribution in [1.82, 2.24) is 0 Å². The zero-order valence-corrected chi connectivity index (χ0v) is 8.95. The Kier molecular flexibility index (Phi) is 3.18. The number of aryl methyl sites for hydroxylation is 1. The second-order valence-electron chi connectivity index (χ2n) is 3.27. The van der Waals surface area contributed by atoms with Gasteiger partial charge in [-0.25, -0.2) is 0 Å². The van der Waals surface area contributed by atoms with Gasteiger partial charge in [0, 0.05) is 0 Å². The minimum Gasteiger partial charge on any atom is -0.493 e. The first kappa shape index (κ1) is 7.80. The predicted molar refractivity (Wildman–Crippen MR) is 62.7 cm³/mol. The molecule has 15 heavy (non-hydrogen) atoms. The Bertz CT molecular complexity index is 400. The number of methoxy groups -OCH3 is 2. The Morgan fingerprint density at radius 3 is 2.93 bits per heavy atom. The number of ether oxygens (including phenoxy) is 2. The van der Waals surface area contributed by atoms with Gasteiger partial charge in [-0.05, 0) is 37.0 Å². The van der Waals surface area contributed by atoms with Crippen molar-refractivity contribution in [1.29, 1.82) is 0 Å². The zero-order chi connectivity index (χ0) is 13.6. The third-order valence-electron chi connectivity index (χ3n) is 2.21. The first-order valence-corrected chi connectivity index (χ1v) is 4.93. The lowest BCUT2D eigenvalue weighted by Gasteiger charge is -2.09. The van der Waals surface area contributed by atoms with E-state index in [1.165, 1.54) is 7.11 Å². The highest BCUT2D eigenvalue weighted by atomic mass is 16.5. The molecule has 0 saturated carbocycles. The molecule has 0 atom stereocenters. The molecular formula is C13H18O2. The van der Waals surface area contributed by atoms with Gasteiger partial charge < -0.3 is 9.47 Å². The third kappa shape index (κ3) is 3.31. The lowest BCUT2D eigenvalue weighted by atomic mass is 10.1. The van der Waals surface area contributed by atoms with Gasteiger partial charge in [-0.1, -0.05) is 12.1 Å². The lowest BCUT2D eigenvalue weighted by Crippen LogP contribution is -1.92. The van der Waals surface area contributed by atoms with Gasteiger partial charge in [-0.3, -0.25) is 0 Å². The van der Waals surface area contributed by atoms with E-state index >= 15 is 0 Å². The molecule has 1 aromatic rings. The number of hydrogen-bond acceptors (Lipinski definition) is 2. The molecule has 0 unspecified atom stereocenters. The van der Waals surface area contributed by atoms with Crippen molar-refractivity contribution >= 4 is 0 Å². The SMILES string of the molecule is [2H]C([2H])([2H])Oc1ccc(CCCC=C)cc1OC. The summed E-state index contributed by atoms with van der Waals surface area (Å²) in [5, 5.41) is 0. The second-order valence-corrected chi connectivity index (χ2v) is 3.27. The molecule has 0 heterocycles. The highest BCUT2D eigenvalue weighted by Gasteiger charge is 2.03. The van der Waals surface area contributed by atoms with E-state index in [9.17, 15) is 0 Å². The number of allylic oxidation sites excluding steroid dienone is 1. The maximum atomic E-state index is 7.07. The van der Waals surface area contributed by atoms with Gasteiger partial charge in [-0.15, -0.1) is 6.58 Å². The molecule has 82 valence electrons. The molecule has 0 aromatic heterocycles. The van der Waals surface area contributed by atoms with E-state index in [0.717, 1.165) is 24.8 Å². The molecule has 0 N–H and O–H groups in total. The molecular weight excluding hydrogens is 188 g/mol. The van der Waals surface area contributed by atoms with Crippen LogP contribution in [-0.2, 0) is 6.42 Å². The van der Waals surface area contributed by atoms with Crippen LogP contribution in [0.15, 0.2) is 30.9 Å². The van der Waals surface area contributed by atoms with Crippen LogP contribution < -0.4 is 9.47 Å². The van der Waals surface area contributed by atoms with Gasteiger partial charge >= 0.3 is 0 Å². The Hall–Kier alpha value is -1.44. The minimum atomic E-state index is -2.46. The van der Waals surface area contributed by atoms with Crippen LogP contribution >= 0.6 is 0 Å². The van der Waals surface area contributed by atoms with E-state index in [2.05, 4.69) is 6.58 Å². The molecule has 0 radical (unpaired) electrons. The summed E-state index contributed by atoms with van der Waals surface area (Å²) >= 11 is 0. The van der Waals surface area contributed by atoms with Crippen LogP contribution in [0.2, 0.25) is 0 Å². The molecule has 0 aliphatic carbocycles. The molecule has 1 rings (SSSR count). The molecule has 2 nitrogen and oxygen atoms in total. The van der Waals surface area contributed by atoms with Crippen molar-refractivity contribution < 1.29 is 13.6 Å². The molecule has 0 fully saturated rings. The fourth-order valence-corrected chi connectivity index (χ4v) is 1.40. The van der Waals surface area contributed by atoms with Gasteiger partial charge in [0.05, 0.1) is 18.3 Å². The lowest BCUT2D eigenvalue weighted by molar-refractivity contribution is 0.354. The van der Waals surface area contributed by atoms with Crippen molar-refractivity contribution in [2.45, 2.75) is 19.3 Å². The van der Waals surface area contributed by atoms with E-state index in [0.29, 0.717) is 5.75 Å². The van der Waals surface area contributed by atoms with E-state index < -0.39 is 7.04 Å². The summed E-state index contributed by atoms with van der Waals surface area (Å²) in [7, 11) is -0.965. The maximum Gasteiger partial charge on any atom is 0.160 e. The first-order chi connectivity index (χ1) is 8.46. The van der Waals surface area contributed by atoms with Crippen LogP contribution in [0, 0.1) is 0 Å². The largest absolute Gasteiger partial charge is 0.493 e. The summed E-state index contributed by atoms with van der Waals surface area (Å²) in [4.78, 5) is 0. The van der Waals surface area contributed by atoms with E-state index in [4.69, 9.17) is 13.6 Å². The molecule has 0 aliphatic heterocycles. The van der Waals surface area contributed by atoms with Crippen molar-refractivity contribution in [2.75, 3.05) is 14.1 Å². The Labute approximate surface area is 95.7 Å². The van der Waals surface area contributed by atoms with Gasteiger partial charge in [-0.2, -0.15) is 0 Å². The van der Waals surface area contributed by atoms with Gasteiger partial charge in [0.1, 0.15) is 0 Å². The van der Waals surface area contributed by atoms with Crippen molar-refractivity contribution in [3.05, 3.63) is 36.4 Å². The van der Waals surface area contributed by atoms with E-state index in [-0.39, 0.29) is 5.75 Å². The van der Waals surface area contributed by atoms with Crippen molar-refractivity contribution in [3.8, 4) is 11.5 Å². The smallest absolute Gasteiger partial charge is 0.160 e. The molecule has 0 saturated heterocycles. The highest BCUT2D eigenvalue weighted by molar-refractivity contribution is 5.42. The topological polar surface area (TPSA) is 18.5 Å². The monoisotopic (exact) mass is 209 g/mol. The molecule has 0 spiro atoms. The number of rotatable bonds is 6. The highest BCUT2D eigenvalue weighted by Crippen LogP contribution is 2.27. The Morgan fingerprint density at radius 2 is 2.27 bits per heavy atom. The summed E-state index contributed by atoms with van der Waals surface area (Å²) in [6.07, 6.45) is 4.74. The van der Waals surface area contributed by atoms with Crippen molar-refractivity contribution in [2.24, 2.45) is 0 Å². The van der Waals surface area contributed by atoms with Crippen LogP contribution in [0.25, 0.3) is 0 Å². The summed E-state index contributed by atoms with van der Waals surface area (Å²) in [5.41, 5.74) is 1.09. The van der Waals surface area contributed by atoms with E-state index in [1.54, 1.807) is 6.07 Å². The Balaban J connectivity index is 2.79. The van der Waals surface area contributed by atoms with Crippen molar-refractivity contribution in [3.63, 3.8) is 0 Å². The Morgan fingerprint density at radius 1 is 1.40 bits per heavy atom. The fraction of sp³-hybridized carbons (Fsp3) is 0.385. The van der Waals surface area contributed by atoms with Crippen LogP contribution in [0.3, 0.4) is 0 Å². The van der Waals surface area contributed by atoms with Gasteiger partial charge in [0.15, 0.2) is 11.5 Å². The first-order valence-electron chi connectivity index (χ1n) is 6.43. The summed E-state index contributed by atoms with van der Waals surface area (Å²) in [6, 6.07) is 5.30. The van der Waals surface area contributed by atoms with Crippen LogP contribution in [0.1, 0.15) is 22.5 Å². The number of benzene rings is 1.